The van der Waals surface area contributed by atoms with Crippen LogP contribution in [0, 0.1) is 0 Å². The first-order valence-electron chi connectivity index (χ1n) is 9.81. The van der Waals surface area contributed by atoms with Crippen molar-refractivity contribution in [2.24, 2.45) is 0 Å². The molecule has 0 N–H and O–H groups in total. The molecular formula is C24H16F6N2O2. The lowest BCUT2D eigenvalue weighted by molar-refractivity contribution is -0.275. The normalized spacial score (nSPS) is 15.8. The van der Waals surface area contributed by atoms with Gasteiger partial charge in [-0.2, -0.15) is 0 Å². The highest BCUT2D eigenvalue weighted by Gasteiger charge is 2.31. The standard InChI is InChI=1S/C24H16F6N2O2/c25-23(26,27)33-21-5-1-19(2-6-21)31-13-9-17(10-14-31)18-11-15-32(16-12-18)20-3-7-22(8-4-20)34-24(28,29)30/h1-16H. The SMILES string of the molecule is FC(F)(F)Oc1ccc(N2C=CC(=C3C=CN(c4ccc(OC(F)(F)F)cc4)C=C3)C=C2)cc1. The van der Waals surface area contributed by atoms with Crippen molar-refractivity contribution >= 4 is 11.4 Å². The molecule has 0 fully saturated rings. The van der Waals surface area contributed by atoms with Crippen LogP contribution in [-0.4, -0.2) is 12.7 Å². The summed E-state index contributed by atoms with van der Waals surface area (Å²) in [5.41, 5.74) is 3.11. The van der Waals surface area contributed by atoms with Crippen LogP contribution in [0.5, 0.6) is 11.5 Å². The summed E-state index contributed by atoms with van der Waals surface area (Å²) < 4.78 is 81.5. The lowest BCUT2D eigenvalue weighted by Gasteiger charge is -2.22. The van der Waals surface area contributed by atoms with E-state index in [4.69, 9.17) is 0 Å². The van der Waals surface area contributed by atoms with Crippen molar-refractivity contribution in [1.82, 2.24) is 0 Å². The van der Waals surface area contributed by atoms with Crippen LogP contribution in [0.4, 0.5) is 37.7 Å². The van der Waals surface area contributed by atoms with Crippen LogP contribution in [-0.2, 0) is 0 Å². The summed E-state index contributed by atoms with van der Waals surface area (Å²) in [7, 11) is 0. The second kappa shape index (κ2) is 9.05. The Hall–Kier alpha value is -4.08. The van der Waals surface area contributed by atoms with Gasteiger partial charge in [0.1, 0.15) is 11.5 Å². The van der Waals surface area contributed by atoms with Crippen LogP contribution in [0.15, 0.2) is 109 Å². The van der Waals surface area contributed by atoms with Crippen LogP contribution < -0.4 is 19.3 Å². The highest BCUT2D eigenvalue weighted by molar-refractivity contribution is 5.62. The number of alkyl halides is 6. The van der Waals surface area contributed by atoms with Gasteiger partial charge in [0.2, 0.25) is 0 Å². The molecule has 0 unspecified atom stereocenters. The molecule has 2 aromatic rings. The summed E-state index contributed by atoms with van der Waals surface area (Å²) in [6.07, 6.45) is 5.01. The molecule has 0 spiro atoms. The molecule has 2 aliphatic heterocycles. The number of rotatable bonds is 4. The molecule has 0 saturated carbocycles. The van der Waals surface area contributed by atoms with Crippen LogP contribution >= 0.6 is 0 Å². The minimum atomic E-state index is -4.74. The second-order valence-corrected chi connectivity index (χ2v) is 7.07. The third-order valence-electron chi connectivity index (χ3n) is 4.73. The van der Waals surface area contributed by atoms with Gasteiger partial charge in [0, 0.05) is 36.2 Å². The van der Waals surface area contributed by atoms with E-state index in [0.717, 1.165) is 11.1 Å². The Bertz CT molecular complexity index is 1050. The molecule has 10 heteroatoms. The summed E-state index contributed by atoms with van der Waals surface area (Å²) >= 11 is 0. The summed E-state index contributed by atoms with van der Waals surface area (Å²) in [5, 5.41) is 0. The van der Waals surface area contributed by atoms with Gasteiger partial charge in [-0.25, -0.2) is 0 Å². The number of hydrogen-bond donors (Lipinski definition) is 0. The number of benzene rings is 2. The van der Waals surface area contributed by atoms with Gasteiger partial charge in [-0.3, -0.25) is 0 Å². The van der Waals surface area contributed by atoms with Gasteiger partial charge in [0.05, 0.1) is 0 Å². The van der Waals surface area contributed by atoms with E-state index in [2.05, 4.69) is 9.47 Å². The van der Waals surface area contributed by atoms with E-state index in [1.807, 2.05) is 24.3 Å². The maximum atomic E-state index is 12.3. The Morgan fingerprint density at radius 1 is 0.471 bits per heavy atom. The van der Waals surface area contributed by atoms with Gasteiger partial charge >= 0.3 is 12.7 Å². The topological polar surface area (TPSA) is 24.9 Å². The molecule has 4 nitrogen and oxygen atoms in total. The average molecular weight is 478 g/mol. The molecule has 2 aromatic carbocycles. The fourth-order valence-corrected chi connectivity index (χ4v) is 3.22. The van der Waals surface area contributed by atoms with E-state index in [1.54, 1.807) is 34.6 Å². The van der Waals surface area contributed by atoms with Gasteiger partial charge in [-0.05, 0) is 84.0 Å². The number of anilines is 2. The van der Waals surface area contributed by atoms with Gasteiger partial charge in [0.25, 0.3) is 0 Å². The number of allylic oxidation sites excluding steroid dienone is 6. The molecule has 34 heavy (non-hydrogen) atoms. The molecule has 4 rings (SSSR count). The van der Waals surface area contributed by atoms with Crippen LogP contribution in [0.3, 0.4) is 0 Å². The Morgan fingerprint density at radius 3 is 1.03 bits per heavy atom. The zero-order valence-corrected chi connectivity index (χ0v) is 17.2. The van der Waals surface area contributed by atoms with Gasteiger partial charge in [-0.15, -0.1) is 26.3 Å². The van der Waals surface area contributed by atoms with Crippen molar-refractivity contribution in [3.05, 3.63) is 109 Å². The van der Waals surface area contributed by atoms with Crippen molar-refractivity contribution in [2.75, 3.05) is 9.80 Å². The smallest absolute Gasteiger partial charge is 0.406 e. The van der Waals surface area contributed by atoms with E-state index in [-0.39, 0.29) is 11.5 Å². The van der Waals surface area contributed by atoms with Crippen LogP contribution in [0.2, 0.25) is 0 Å². The van der Waals surface area contributed by atoms with Gasteiger partial charge in [0.15, 0.2) is 0 Å². The van der Waals surface area contributed by atoms with Crippen LogP contribution in [0.1, 0.15) is 0 Å². The maximum Gasteiger partial charge on any atom is 0.573 e. The molecule has 0 saturated heterocycles. The first-order chi connectivity index (χ1) is 16.1. The summed E-state index contributed by atoms with van der Waals surface area (Å²) in [4.78, 5) is 3.49. The Kier molecular flexibility index (Phi) is 6.14. The molecule has 0 radical (unpaired) electrons. The molecular weight excluding hydrogens is 462 g/mol. The van der Waals surface area contributed by atoms with Crippen molar-refractivity contribution < 1.29 is 35.8 Å². The molecule has 2 heterocycles. The summed E-state index contributed by atoms with van der Waals surface area (Å²) in [6, 6.07) is 11.0. The third kappa shape index (κ3) is 6.03. The van der Waals surface area contributed by atoms with Crippen molar-refractivity contribution in [3.8, 4) is 11.5 Å². The predicted molar refractivity (Wildman–Crippen MR) is 115 cm³/mol. The summed E-state index contributed by atoms with van der Waals surface area (Å²) in [6.45, 7) is 0. The molecule has 2 aliphatic rings. The van der Waals surface area contributed by atoms with E-state index >= 15 is 0 Å². The summed E-state index contributed by atoms with van der Waals surface area (Å²) in [5.74, 6) is -0.595. The second-order valence-electron chi connectivity index (χ2n) is 7.07. The zero-order chi connectivity index (χ0) is 24.3. The highest BCUT2D eigenvalue weighted by atomic mass is 19.4. The highest BCUT2D eigenvalue weighted by Crippen LogP contribution is 2.29. The molecule has 0 aliphatic carbocycles. The minimum Gasteiger partial charge on any atom is -0.406 e. The Balaban J connectivity index is 1.39. The average Bonchev–Trinajstić information content (AvgIpc) is 2.78. The first kappa shape index (κ1) is 23.1. The van der Waals surface area contributed by atoms with Crippen molar-refractivity contribution in [3.63, 3.8) is 0 Å². The van der Waals surface area contributed by atoms with Crippen LogP contribution in [0.25, 0.3) is 0 Å². The predicted octanol–water partition coefficient (Wildman–Crippen LogP) is 7.18. The van der Waals surface area contributed by atoms with Gasteiger partial charge in [-0.1, -0.05) is 0 Å². The van der Waals surface area contributed by atoms with Crippen molar-refractivity contribution in [1.29, 1.82) is 0 Å². The quantitative estimate of drug-likeness (QED) is 0.435. The third-order valence-corrected chi connectivity index (χ3v) is 4.73. The van der Waals surface area contributed by atoms with E-state index < -0.39 is 12.7 Å². The molecule has 0 atom stereocenters. The minimum absolute atomic E-state index is 0.298. The lowest BCUT2D eigenvalue weighted by Crippen LogP contribution is -2.17. The number of halogens is 6. The fraction of sp³-hybridized carbons (Fsp3) is 0.0833. The lowest BCUT2D eigenvalue weighted by atomic mass is 10.0. The van der Waals surface area contributed by atoms with E-state index in [1.165, 1.54) is 48.5 Å². The number of nitrogens with zero attached hydrogens (tertiary/aromatic N) is 2. The van der Waals surface area contributed by atoms with Gasteiger partial charge < -0.3 is 19.3 Å². The Labute approximate surface area is 190 Å². The molecule has 176 valence electrons. The molecule has 0 aromatic heterocycles. The zero-order valence-electron chi connectivity index (χ0n) is 17.2. The van der Waals surface area contributed by atoms with Crippen molar-refractivity contribution in [2.45, 2.75) is 12.7 Å². The van der Waals surface area contributed by atoms with E-state index in [9.17, 15) is 26.3 Å². The largest absolute Gasteiger partial charge is 0.573 e. The molecule has 0 amide bonds. The number of hydrogen-bond acceptors (Lipinski definition) is 4. The monoisotopic (exact) mass is 478 g/mol. The molecule has 0 bridgehead atoms. The number of ether oxygens (including phenoxy) is 2. The maximum absolute atomic E-state index is 12.3. The first-order valence-corrected chi connectivity index (χ1v) is 9.81. The van der Waals surface area contributed by atoms with E-state index in [0.29, 0.717) is 11.4 Å². The fourth-order valence-electron chi connectivity index (χ4n) is 3.22. The Morgan fingerprint density at radius 2 is 0.765 bits per heavy atom.